The molecule has 11 heteroatoms. The van der Waals surface area contributed by atoms with Gasteiger partial charge < -0.3 is 14.8 Å². The number of rotatable bonds is 10. The fourth-order valence-electron chi connectivity index (χ4n) is 3.59. The fourth-order valence-corrected chi connectivity index (χ4v) is 4.06. The van der Waals surface area contributed by atoms with Gasteiger partial charge in [0.15, 0.2) is 12.7 Å². The van der Waals surface area contributed by atoms with Crippen molar-refractivity contribution in [1.82, 2.24) is 0 Å². The maximum absolute atomic E-state index is 13.2. The third kappa shape index (κ3) is 7.22. The van der Waals surface area contributed by atoms with Gasteiger partial charge in [-0.1, -0.05) is 53.5 Å². The summed E-state index contributed by atoms with van der Waals surface area (Å²) >= 11 is 11.9. The molecule has 4 aromatic rings. The van der Waals surface area contributed by atoms with E-state index in [9.17, 15) is 24.5 Å². The molecule has 0 bridgehead atoms. The van der Waals surface area contributed by atoms with E-state index in [1.54, 1.807) is 42.5 Å². The van der Waals surface area contributed by atoms with Crippen LogP contribution in [0, 0.1) is 10.1 Å². The molecule has 0 aliphatic rings. The van der Waals surface area contributed by atoms with E-state index in [0.29, 0.717) is 22.0 Å². The van der Waals surface area contributed by atoms with E-state index in [-0.39, 0.29) is 28.4 Å². The normalized spacial score (nSPS) is 11.2. The number of hydrogen-bond donors (Lipinski definition) is 1. The number of carbonyl (C=O) groups excluding carboxylic acids is 3. The number of ether oxygens (including phenoxy) is 2. The molecule has 9 nitrogen and oxygen atoms in total. The van der Waals surface area contributed by atoms with Crippen LogP contribution in [0.5, 0.6) is 5.75 Å². The molecule has 202 valence electrons. The number of anilines is 1. The molecule has 0 aromatic heterocycles. The summed E-state index contributed by atoms with van der Waals surface area (Å²) in [5, 5.41) is 14.4. The molecule has 0 radical (unpaired) electrons. The predicted molar refractivity (Wildman–Crippen MR) is 149 cm³/mol. The zero-order valence-corrected chi connectivity index (χ0v) is 22.1. The summed E-state index contributed by atoms with van der Waals surface area (Å²) in [5.41, 5.74) is 0.922. The Hall–Kier alpha value is -4.73. The van der Waals surface area contributed by atoms with Crippen molar-refractivity contribution < 1.29 is 28.8 Å². The van der Waals surface area contributed by atoms with Crippen molar-refractivity contribution in [2.24, 2.45) is 0 Å². The van der Waals surface area contributed by atoms with Crippen LogP contribution in [0.15, 0.2) is 97.1 Å². The highest BCUT2D eigenvalue weighted by Gasteiger charge is 2.27. The molecule has 1 N–H and O–H groups in total. The molecule has 0 heterocycles. The second kappa shape index (κ2) is 12.9. The number of benzene rings is 4. The minimum Gasteiger partial charge on any atom is -0.482 e. The van der Waals surface area contributed by atoms with E-state index < -0.39 is 28.7 Å². The minimum atomic E-state index is -1.34. The number of nitro groups is 1. The quantitative estimate of drug-likeness (QED) is 0.0959. The van der Waals surface area contributed by atoms with Crippen LogP contribution in [0.1, 0.15) is 32.4 Å². The first-order chi connectivity index (χ1) is 19.2. The van der Waals surface area contributed by atoms with Gasteiger partial charge in [-0.15, -0.1) is 0 Å². The van der Waals surface area contributed by atoms with Crippen LogP contribution in [-0.4, -0.2) is 29.2 Å². The molecule has 0 spiro atoms. The first-order valence-electron chi connectivity index (χ1n) is 11.7. The second-order valence-corrected chi connectivity index (χ2v) is 9.20. The lowest BCUT2D eigenvalue weighted by molar-refractivity contribution is -0.384. The summed E-state index contributed by atoms with van der Waals surface area (Å²) in [4.78, 5) is 48.9. The highest BCUT2D eigenvalue weighted by Crippen LogP contribution is 2.28. The number of nitro benzene ring substituents is 1. The van der Waals surface area contributed by atoms with Crippen molar-refractivity contribution in [1.29, 1.82) is 0 Å². The first kappa shape index (κ1) is 28.3. The Kier molecular flexibility index (Phi) is 9.11. The smallest absolute Gasteiger partial charge is 0.339 e. The van der Waals surface area contributed by atoms with Crippen molar-refractivity contribution in [2.45, 2.75) is 6.10 Å². The van der Waals surface area contributed by atoms with Gasteiger partial charge in [-0.2, -0.15) is 0 Å². The van der Waals surface area contributed by atoms with Crippen molar-refractivity contribution in [3.63, 3.8) is 0 Å². The van der Waals surface area contributed by atoms with E-state index in [1.807, 2.05) is 0 Å². The third-order valence-electron chi connectivity index (χ3n) is 5.59. The van der Waals surface area contributed by atoms with Crippen LogP contribution in [0.25, 0.3) is 0 Å². The molecule has 0 aliphatic heterocycles. The molecular weight excluding hydrogens is 559 g/mol. The minimum absolute atomic E-state index is 0.120. The number of ketones is 1. The van der Waals surface area contributed by atoms with Crippen LogP contribution in [0.3, 0.4) is 0 Å². The van der Waals surface area contributed by atoms with Crippen LogP contribution in [0.4, 0.5) is 11.4 Å². The first-order valence-corrected chi connectivity index (χ1v) is 12.5. The molecular formula is C29H20Cl2N2O7. The monoisotopic (exact) mass is 578 g/mol. The molecule has 40 heavy (non-hydrogen) atoms. The average Bonchev–Trinajstić information content (AvgIpc) is 2.96. The van der Waals surface area contributed by atoms with E-state index in [1.165, 1.54) is 54.6 Å². The third-order valence-corrected chi connectivity index (χ3v) is 6.12. The summed E-state index contributed by atoms with van der Waals surface area (Å²) in [6, 6.07) is 23.9. The van der Waals surface area contributed by atoms with Crippen LogP contribution in [-0.2, 0) is 9.53 Å². The number of esters is 1. The number of nitrogens with one attached hydrogen (secondary N) is 1. The number of halogens is 2. The van der Waals surface area contributed by atoms with Gasteiger partial charge in [0.05, 0.1) is 15.5 Å². The Morgan fingerprint density at radius 1 is 0.850 bits per heavy atom. The molecule has 0 aliphatic carbocycles. The summed E-state index contributed by atoms with van der Waals surface area (Å²) in [7, 11) is 0. The van der Waals surface area contributed by atoms with Crippen LogP contribution < -0.4 is 10.1 Å². The number of carbonyl (C=O) groups is 3. The van der Waals surface area contributed by atoms with Crippen molar-refractivity contribution >= 4 is 52.2 Å². The van der Waals surface area contributed by atoms with Gasteiger partial charge >= 0.3 is 5.97 Å². The van der Waals surface area contributed by atoms with E-state index in [2.05, 4.69) is 5.32 Å². The Balaban J connectivity index is 1.44. The zero-order valence-electron chi connectivity index (χ0n) is 20.6. The summed E-state index contributed by atoms with van der Waals surface area (Å²) in [5.74, 6) is -1.46. The van der Waals surface area contributed by atoms with Gasteiger partial charge in [0.2, 0.25) is 5.78 Å². The molecule has 0 saturated heterocycles. The molecule has 4 aromatic carbocycles. The highest BCUT2D eigenvalue weighted by atomic mass is 35.5. The van der Waals surface area contributed by atoms with Crippen LogP contribution in [0.2, 0.25) is 10.0 Å². The van der Waals surface area contributed by atoms with Gasteiger partial charge in [-0.3, -0.25) is 19.7 Å². The standard InChI is InChI=1S/C29H20Cl2N2O7/c30-21-10-15-25(24(31)16-21)39-17-26(34)32-22-11-6-20(7-12-22)29(36)40-28(27(35)18-4-2-1-3-5-18)19-8-13-23(14-9-19)33(37)38/h1-16,28H,17H2,(H,32,34)/t28-/m0/s1. The summed E-state index contributed by atoms with van der Waals surface area (Å²) in [6.45, 7) is -0.316. The van der Waals surface area contributed by atoms with Crippen molar-refractivity contribution in [3.05, 3.63) is 134 Å². The van der Waals surface area contributed by atoms with Crippen molar-refractivity contribution in [2.75, 3.05) is 11.9 Å². The molecule has 0 fully saturated rings. The SMILES string of the molecule is O=C(COc1ccc(Cl)cc1Cl)Nc1ccc(C(=O)O[C@H](C(=O)c2ccccc2)c2ccc([N+](=O)[O-])cc2)cc1. The molecule has 0 unspecified atom stereocenters. The molecule has 1 atom stereocenters. The second-order valence-electron chi connectivity index (χ2n) is 8.35. The maximum atomic E-state index is 13.2. The van der Waals surface area contributed by atoms with Crippen LogP contribution >= 0.6 is 23.2 Å². The largest absolute Gasteiger partial charge is 0.482 e. The molecule has 0 saturated carbocycles. The maximum Gasteiger partial charge on any atom is 0.339 e. The lowest BCUT2D eigenvalue weighted by Crippen LogP contribution is -2.21. The fraction of sp³-hybridized carbons (Fsp3) is 0.0690. The highest BCUT2D eigenvalue weighted by molar-refractivity contribution is 6.35. The van der Waals surface area contributed by atoms with E-state index in [0.717, 1.165) is 0 Å². The lowest BCUT2D eigenvalue weighted by atomic mass is 9.99. The van der Waals surface area contributed by atoms with E-state index in [4.69, 9.17) is 32.7 Å². The summed E-state index contributed by atoms with van der Waals surface area (Å²) < 4.78 is 11.0. The lowest BCUT2D eigenvalue weighted by Gasteiger charge is -2.18. The predicted octanol–water partition coefficient (Wildman–Crippen LogP) is 6.70. The molecule has 1 amide bonds. The zero-order chi connectivity index (χ0) is 28.6. The van der Waals surface area contributed by atoms with Gasteiger partial charge in [-0.25, -0.2) is 4.79 Å². The number of non-ortho nitro benzene ring substituents is 1. The number of nitrogens with zero attached hydrogens (tertiary/aromatic N) is 1. The Bertz CT molecular complexity index is 1540. The van der Waals surface area contributed by atoms with E-state index >= 15 is 0 Å². The van der Waals surface area contributed by atoms with Gasteiger partial charge in [0, 0.05) is 34.0 Å². The van der Waals surface area contributed by atoms with Gasteiger partial charge in [0.25, 0.3) is 11.6 Å². The van der Waals surface area contributed by atoms with Gasteiger partial charge in [0.1, 0.15) is 5.75 Å². The Morgan fingerprint density at radius 3 is 2.15 bits per heavy atom. The number of Topliss-reactive ketones (excluding diaryl/α,β-unsaturated/α-hetero) is 1. The average molecular weight is 579 g/mol. The Labute approximate surface area is 238 Å². The number of amides is 1. The number of hydrogen-bond acceptors (Lipinski definition) is 7. The summed E-state index contributed by atoms with van der Waals surface area (Å²) in [6.07, 6.45) is -1.34. The van der Waals surface area contributed by atoms with Gasteiger partial charge in [-0.05, 0) is 54.6 Å². The van der Waals surface area contributed by atoms with Crippen molar-refractivity contribution in [3.8, 4) is 5.75 Å². The topological polar surface area (TPSA) is 125 Å². The molecule has 4 rings (SSSR count). The Morgan fingerprint density at radius 2 is 1.52 bits per heavy atom.